The zero-order valence-corrected chi connectivity index (χ0v) is 7.55. The monoisotopic (exact) mass is 284 g/mol. The quantitative estimate of drug-likeness (QED) is 0.680. The lowest BCUT2D eigenvalue weighted by molar-refractivity contribution is 0.978. The van der Waals surface area contributed by atoms with Crippen LogP contribution in [-0.4, -0.2) is 10.2 Å². The summed E-state index contributed by atoms with van der Waals surface area (Å²) in [7, 11) is 0. The molecule has 0 aromatic carbocycles. The standard InChI is InChI=1S/C4H2BrIN2/c5-3-1-2-4(6)8-7-3/h1-2H. The lowest BCUT2D eigenvalue weighted by atomic mass is 10.6. The molecule has 42 valence electrons. The molecule has 0 saturated carbocycles. The predicted molar refractivity (Wildman–Crippen MR) is 42.4 cm³/mol. The van der Waals surface area contributed by atoms with Crippen molar-refractivity contribution in [2.75, 3.05) is 0 Å². The topological polar surface area (TPSA) is 25.8 Å². The highest BCUT2D eigenvalue weighted by Crippen LogP contribution is 2.04. The first kappa shape index (κ1) is 6.41. The molecule has 8 heavy (non-hydrogen) atoms. The Morgan fingerprint density at radius 2 is 2.12 bits per heavy atom. The summed E-state index contributed by atoms with van der Waals surface area (Å²) in [6.45, 7) is 0. The molecule has 0 radical (unpaired) electrons. The zero-order chi connectivity index (χ0) is 5.98. The summed E-state index contributed by atoms with van der Waals surface area (Å²) in [4.78, 5) is 0. The van der Waals surface area contributed by atoms with Gasteiger partial charge in [-0.15, -0.1) is 10.2 Å². The summed E-state index contributed by atoms with van der Waals surface area (Å²) in [6, 6.07) is 3.74. The minimum Gasteiger partial charge on any atom is -0.143 e. The van der Waals surface area contributed by atoms with Gasteiger partial charge in [0, 0.05) is 0 Å². The maximum Gasteiger partial charge on any atom is 0.128 e. The van der Waals surface area contributed by atoms with Gasteiger partial charge in [0.15, 0.2) is 0 Å². The van der Waals surface area contributed by atoms with Gasteiger partial charge in [0.1, 0.15) is 8.30 Å². The molecule has 2 nitrogen and oxygen atoms in total. The fraction of sp³-hybridized carbons (Fsp3) is 0. The van der Waals surface area contributed by atoms with E-state index in [1.807, 2.05) is 12.1 Å². The maximum absolute atomic E-state index is 3.77. The molecule has 0 aliphatic heterocycles. The molecule has 0 unspecified atom stereocenters. The average molecular weight is 285 g/mol. The van der Waals surface area contributed by atoms with E-state index >= 15 is 0 Å². The number of nitrogens with zero attached hydrogens (tertiary/aromatic N) is 2. The van der Waals surface area contributed by atoms with Crippen LogP contribution in [0.15, 0.2) is 16.7 Å². The van der Waals surface area contributed by atoms with Crippen molar-refractivity contribution in [2.24, 2.45) is 0 Å². The van der Waals surface area contributed by atoms with E-state index in [9.17, 15) is 0 Å². The Morgan fingerprint density at radius 3 is 2.50 bits per heavy atom. The number of hydrogen-bond acceptors (Lipinski definition) is 2. The van der Waals surface area contributed by atoms with Gasteiger partial charge in [-0.2, -0.15) is 0 Å². The van der Waals surface area contributed by atoms with Crippen LogP contribution in [0.4, 0.5) is 0 Å². The normalized spacial score (nSPS) is 9.25. The molecule has 0 N–H and O–H groups in total. The highest BCUT2D eigenvalue weighted by molar-refractivity contribution is 14.1. The van der Waals surface area contributed by atoms with Crippen molar-refractivity contribution in [2.45, 2.75) is 0 Å². The molecule has 1 aromatic heterocycles. The van der Waals surface area contributed by atoms with Gasteiger partial charge >= 0.3 is 0 Å². The van der Waals surface area contributed by atoms with Crippen molar-refractivity contribution in [3.8, 4) is 0 Å². The first-order valence-electron chi connectivity index (χ1n) is 1.94. The summed E-state index contributed by atoms with van der Waals surface area (Å²) in [5.41, 5.74) is 0. The number of hydrogen-bond donors (Lipinski definition) is 0. The maximum atomic E-state index is 3.77. The van der Waals surface area contributed by atoms with Crippen LogP contribution >= 0.6 is 38.5 Å². The minimum absolute atomic E-state index is 0.776. The van der Waals surface area contributed by atoms with E-state index in [0.717, 1.165) is 8.30 Å². The third-order valence-corrected chi connectivity index (χ3v) is 1.60. The molecule has 0 aliphatic carbocycles. The Balaban J connectivity index is 3.03. The Labute approximate surface area is 69.0 Å². The summed E-state index contributed by atoms with van der Waals surface area (Å²) in [6.07, 6.45) is 0. The van der Waals surface area contributed by atoms with Crippen molar-refractivity contribution in [1.29, 1.82) is 0 Å². The van der Waals surface area contributed by atoms with Gasteiger partial charge in [-0.1, -0.05) is 0 Å². The average Bonchev–Trinajstić information content (AvgIpc) is 1.77. The van der Waals surface area contributed by atoms with Crippen LogP contribution in [0, 0.1) is 3.70 Å². The van der Waals surface area contributed by atoms with Crippen LogP contribution in [0.2, 0.25) is 0 Å². The molecule has 1 heterocycles. The number of halogens is 2. The molecule has 0 spiro atoms. The summed E-state index contributed by atoms with van der Waals surface area (Å²) in [5, 5.41) is 7.51. The van der Waals surface area contributed by atoms with E-state index < -0.39 is 0 Å². The molecular weight excluding hydrogens is 283 g/mol. The zero-order valence-electron chi connectivity index (χ0n) is 3.81. The van der Waals surface area contributed by atoms with Crippen LogP contribution in [0.1, 0.15) is 0 Å². The second-order valence-electron chi connectivity index (χ2n) is 1.18. The fourth-order valence-corrected chi connectivity index (χ4v) is 0.799. The summed E-state index contributed by atoms with van der Waals surface area (Å²) in [5.74, 6) is 0. The van der Waals surface area contributed by atoms with Crippen LogP contribution in [0.3, 0.4) is 0 Å². The molecule has 1 rings (SSSR count). The first-order chi connectivity index (χ1) is 3.79. The third kappa shape index (κ3) is 1.66. The SMILES string of the molecule is Brc1ccc(I)nn1. The van der Waals surface area contributed by atoms with Crippen LogP contribution in [0.25, 0.3) is 0 Å². The van der Waals surface area contributed by atoms with E-state index in [2.05, 4.69) is 48.7 Å². The first-order valence-corrected chi connectivity index (χ1v) is 3.81. The molecule has 0 bridgehead atoms. The van der Waals surface area contributed by atoms with Gasteiger partial charge in [0.05, 0.1) is 0 Å². The van der Waals surface area contributed by atoms with E-state index in [1.54, 1.807) is 0 Å². The highest BCUT2D eigenvalue weighted by atomic mass is 127. The summed E-state index contributed by atoms with van der Waals surface area (Å²) < 4.78 is 1.68. The minimum atomic E-state index is 0.776. The molecule has 0 fully saturated rings. The van der Waals surface area contributed by atoms with Crippen molar-refractivity contribution in [3.05, 3.63) is 20.4 Å². The van der Waals surface area contributed by atoms with Gasteiger partial charge in [-0.25, -0.2) is 0 Å². The lowest BCUT2D eigenvalue weighted by Crippen LogP contribution is -1.82. The molecule has 0 aliphatic rings. The van der Waals surface area contributed by atoms with Crippen molar-refractivity contribution in [3.63, 3.8) is 0 Å². The molecule has 0 amide bonds. The molecular formula is C4H2BrIN2. The molecule has 0 saturated heterocycles. The fourth-order valence-electron chi connectivity index (χ4n) is 0.300. The number of aromatic nitrogens is 2. The smallest absolute Gasteiger partial charge is 0.128 e. The Bertz CT molecular complexity index is 153. The molecule has 4 heteroatoms. The second kappa shape index (κ2) is 2.72. The van der Waals surface area contributed by atoms with Crippen molar-refractivity contribution >= 4 is 38.5 Å². The van der Waals surface area contributed by atoms with E-state index in [0.29, 0.717) is 0 Å². The Morgan fingerprint density at radius 1 is 1.38 bits per heavy atom. The Hall–Kier alpha value is 0.290. The largest absolute Gasteiger partial charge is 0.143 e. The third-order valence-electron chi connectivity index (χ3n) is 0.599. The molecule has 1 aromatic rings. The van der Waals surface area contributed by atoms with Crippen molar-refractivity contribution in [1.82, 2.24) is 10.2 Å². The van der Waals surface area contributed by atoms with Crippen molar-refractivity contribution < 1.29 is 0 Å². The predicted octanol–water partition coefficient (Wildman–Crippen LogP) is 1.84. The number of rotatable bonds is 0. The van der Waals surface area contributed by atoms with Gasteiger partial charge < -0.3 is 0 Å². The van der Waals surface area contributed by atoms with Gasteiger partial charge in [-0.3, -0.25) is 0 Å². The Kier molecular flexibility index (Phi) is 2.18. The van der Waals surface area contributed by atoms with Crippen LogP contribution in [-0.2, 0) is 0 Å². The van der Waals surface area contributed by atoms with Crippen LogP contribution < -0.4 is 0 Å². The van der Waals surface area contributed by atoms with Crippen LogP contribution in [0.5, 0.6) is 0 Å². The van der Waals surface area contributed by atoms with Gasteiger partial charge in [0.25, 0.3) is 0 Å². The van der Waals surface area contributed by atoms with E-state index in [-0.39, 0.29) is 0 Å². The summed E-state index contributed by atoms with van der Waals surface area (Å²) >= 11 is 5.27. The van der Waals surface area contributed by atoms with E-state index in [4.69, 9.17) is 0 Å². The lowest BCUT2D eigenvalue weighted by Gasteiger charge is -1.84. The highest BCUT2D eigenvalue weighted by Gasteiger charge is 1.86. The van der Waals surface area contributed by atoms with Gasteiger partial charge in [0.2, 0.25) is 0 Å². The molecule has 0 atom stereocenters. The van der Waals surface area contributed by atoms with E-state index in [1.165, 1.54) is 0 Å². The van der Waals surface area contributed by atoms with Gasteiger partial charge in [-0.05, 0) is 50.7 Å². The second-order valence-corrected chi connectivity index (χ2v) is 3.10.